The average Bonchev–Trinajstić information content (AvgIpc) is 3.32. The SMILES string of the molecule is CCNC(=O)OCCc1cc(-c2cncc(OC[C@@H]3CCCN3)c2)on1. The molecular formula is C18H24N4O4. The standard InChI is InChI=1S/C18H24N4O4/c1-2-20-18(23)24-7-5-14-9-17(26-22-14)13-8-16(11-19-10-13)25-12-15-4-3-6-21-15/h8-11,15,21H,2-7,12H2,1H3,(H,20,23)/t15-/m0/s1. The maximum absolute atomic E-state index is 11.3. The van der Waals surface area contributed by atoms with Crippen molar-refractivity contribution in [2.24, 2.45) is 0 Å². The molecule has 140 valence electrons. The lowest BCUT2D eigenvalue weighted by Crippen LogP contribution is -2.28. The number of alkyl carbamates (subject to hydrolysis) is 1. The van der Waals surface area contributed by atoms with Gasteiger partial charge in [-0.1, -0.05) is 5.16 Å². The molecule has 0 saturated carbocycles. The van der Waals surface area contributed by atoms with Crippen LogP contribution in [-0.4, -0.2) is 48.6 Å². The third kappa shape index (κ3) is 5.19. The van der Waals surface area contributed by atoms with Gasteiger partial charge in [0.25, 0.3) is 0 Å². The normalized spacial score (nSPS) is 16.4. The molecule has 1 amide bonds. The predicted octanol–water partition coefficient (Wildman–Crippen LogP) is 2.16. The van der Waals surface area contributed by atoms with Crippen LogP contribution in [0.5, 0.6) is 5.75 Å². The molecule has 0 radical (unpaired) electrons. The lowest BCUT2D eigenvalue weighted by molar-refractivity contribution is 0.147. The molecule has 0 unspecified atom stereocenters. The zero-order valence-corrected chi connectivity index (χ0v) is 14.9. The molecule has 2 N–H and O–H groups in total. The fourth-order valence-corrected chi connectivity index (χ4v) is 2.74. The van der Waals surface area contributed by atoms with E-state index in [0.717, 1.165) is 18.5 Å². The first-order chi connectivity index (χ1) is 12.7. The van der Waals surface area contributed by atoms with E-state index in [4.69, 9.17) is 14.0 Å². The van der Waals surface area contributed by atoms with Crippen molar-refractivity contribution in [2.75, 3.05) is 26.3 Å². The van der Waals surface area contributed by atoms with Crippen molar-refractivity contribution in [3.05, 3.63) is 30.2 Å². The number of carbonyl (C=O) groups is 1. The molecule has 8 heteroatoms. The first-order valence-electron chi connectivity index (χ1n) is 8.92. The molecule has 3 rings (SSSR count). The lowest BCUT2D eigenvalue weighted by Gasteiger charge is -2.12. The van der Waals surface area contributed by atoms with Crippen molar-refractivity contribution < 1.29 is 18.8 Å². The van der Waals surface area contributed by atoms with Crippen molar-refractivity contribution in [3.8, 4) is 17.1 Å². The Bertz CT molecular complexity index is 713. The van der Waals surface area contributed by atoms with Crippen LogP contribution in [0.15, 0.2) is 29.0 Å². The van der Waals surface area contributed by atoms with Crippen LogP contribution in [0.4, 0.5) is 4.79 Å². The number of hydrogen-bond acceptors (Lipinski definition) is 7. The van der Waals surface area contributed by atoms with Gasteiger partial charge in [-0.25, -0.2) is 4.79 Å². The highest BCUT2D eigenvalue weighted by atomic mass is 16.5. The van der Waals surface area contributed by atoms with E-state index >= 15 is 0 Å². The number of rotatable bonds is 8. The van der Waals surface area contributed by atoms with Crippen LogP contribution in [0.3, 0.4) is 0 Å². The van der Waals surface area contributed by atoms with E-state index in [1.807, 2.05) is 19.1 Å². The molecule has 2 aromatic rings. The van der Waals surface area contributed by atoms with Gasteiger partial charge in [0, 0.05) is 36.8 Å². The Balaban J connectivity index is 1.53. The molecule has 0 spiro atoms. The summed E-state index contributed by atoms with van der Waals surface area (Å²) in [7, 11) is 0. The second-order valence-corrected chi connectivity index (χ2v) is 6.11. The van der Waals surface area contributed by atoms with Crippen LogP contribution in [0, 0.1) is 0 Å². The van der Waals surface area contributed by atoms with Gasteiger partial charge in [0.1, 0.15) is 12.4 Å². The molecule has 26 heavy (non-hydrogen) atoms. The average molecular weight is 360 g/mol. The Morgan fingerprint density at radius 3 is 3.15 bits per heavy atom. The minimum atomic E-state index is -0.429. The van der Waals surface area contributed by atoms with Gasteiger partial charge < -0.3 is 24.6 Å². The fourth-order valence-electron chi connectivity index (χ4n) is 2.74. The summed E-state index contributed by atoms with van der Waals surface area (Å²) in [4.78, 5) is 15.5. The van der Waals surface area contributed by atoms with E-state index in [1.54, 1.807) is 12.4 Å². The molecule has 3 heterocycles. The quantitative estimate of drug-likeness (QED) is 0.744. The van der Waals surface area contributed by atoms with Crippen molar-refractivity contribution in [2.45, 2.75) is 32.2 Å². The molecule has 0 aliphatic carbocycles. The van der Waals surface area contributed by atoms with Crippen LogP contribution in [-0.2, 0) is 11.2 Å². The Labute approximate surface area is 152 Å². The molecule has 1 saturated heterocycles. The first-order valence-corrected chi connectivity index (χ1v) is 8.92. The Hall–Kier alpha value is -2.61. The summed E-state index contributed by atoms with van der Waals surface area (Å²) in [5.41, 5.74) is 1.51. The number of nitrogens with zero attached hydrogens (tertiary/aromatic N) is 2. The summed E-state index contributed by atoms with van der Waals surface area (Å²) in [5, 5.41) is 9.98. The lowest BCUT2D eigenvalue weighted by atomic mass is 10.2. The number of pyridine rings is 1. The number of carbonyl (C=O) groups excluding carboxylic acids is 1. The van der Waals surface area contributed by atoms with Gasteiger partial charge >= 0.3 is 6.09 Å². The zero-order chi connectivity index (χ0) is 18.2. The van der Waals surface area contributed by atoms with Gasteiger partial charge in [-0.2, -0.15) is 0 Å². The van der Waals surface area contributed by atoms with E-state index in [2.05, 4.69) is 20.8 Å². The number of hydrogen-bond donors (Lipinski definition) is 2. The monoisotopic (exact) mass is 360 g/mol. The van der Waals surface area contributed by atoms with Crippen LogP contribution >= 0.6 is 0 Å². The van der Waals surface area contributed by atoms with Crippen molar-refractivity contribution >= 4 is 6.09 Å². The van der Waals surface area contributed by atoms with Gasteiger partial charge in [-0.05, 0) is 32.4 Å². The second-order valence-electron chi connectivity index (χ2n) is 6.11. The van der Waals surface area contributed by atoms with Crippen molar-refractivity contribution in [1.29, 1.82) is 0 Å². The van der Waals surface area contributed by atoms with Crippen LogP contribution in [0.2, 0.25) is 0 Å². The molecule has 1 fully saturated rings. The van der Waals surface area contributed by atoms with E-state index < -0.39 is 6.09 Å². The van der Waals surface area contributed by atoms with Crippen molar-refractivity contribution in [3.63, 3.8) is 0 Å². The molecule has 1 atom stereocenters. The highest BCUT2D eigenvalue weighted by Gasteiger charge is 2.15. The van der Waals surface area contributed by atoms with Gasteiger partial charge in [0.05, 0.1) is 18.5 Å². The summed E-state index contributed by atoms with van der Waals surface area (Å²) in [6.45, 7) is 4.30. The third-order valence-corrected chi connectivity index (χ3v) is 4.08. The molecular weight excluding hydrogens is 336 g/mol. The van der Waals surface area contributed by atoms with Crippen LogP contribution in [0.1, 0.15) is 25.5 Å². The van der Waals surface area contributed by atoms with Crippen molar-refractivity contribution in [1.82, 2.24) is 20.8 Å². The Morgan fingerprint density at radius 2 is 2.35 bits per heavy atom. The maximum atomic E-state index is 11.3. The molecule has 1 aliphatic heterocycles. The fraction of sp³-hybridized carbons (Fsp3) is 0.500. The van der Waals surface area contributed by atoms with Gasteiger partial charge in [-0.15, -0.1) is 0 Å². The summed E-state index contributed by atoms with van der Waals surface area (Å²) in [6.07, 6.45) is 5.78. The van der Waals surface area contributed by atoms with Crippen LogP contribution in [0.25, 0.3) is 11.3 Å². The Kier molecular flexibility index (Phi) is 6.43. The van der Waals surface area contributed by atoms with E-state index in [-0.39, 0.29) is 6.61 Å². The molecule has 0 bridgehead atoms. The number of amides is 1. The maximum Gasteiger partial charge on any atom is 0.407 e. The topological polar surface area (TPSA) is 98.5 Å². The molecule has 1 aliphatic rings. The number of aromatic nitrogens is 2. The molecule has 2 aromatic heterocycles. The molecule has 0 aromatic carbocycles. The highest BCUT2D eigenvalue weighted by molar-refractivity contribution is 5.67. The second kappa shape index (κ2) is 9.19. The van der Waals surface area contributed by atoms with Gasteiger partial charge in [-0.3, -0.25) is 4.98 Å². The predicted molar refractivity (Wildman–Crippen MR) is 95.0 cm³/mol. The number of nitrogens with one attached hydrogen (secondary N) is 2. The summed E-state index contributed by atoms with van der Waals surface area (Å²) in [6, 6.07) is 4.11. The van der Waals surface area contributed by atoms with E-state index in [1.165, 1.54) is 6.42 Å². The smallest absolute Gasteiger partial charge is 0.407 e. The summed E-state index contributed by atoms with van der Waals surface area (Å²) < 4.78 is 16.2. The highest BCUT2D eigenvalue weighted by Crippen LogP contribution is 2.24. The summed E-state index contributed by atoms with van der Waals surface area (Å²) >= 11 is 0. The summed E-state index contributed by atoms with van der Waals surface area (Å²) in [5.74, 6) is 1.31. The first kappa shape index (κ1) is 18.2. The number of ether oxygens (including phenoxy) is 2. The van der Waals surface area contributed by atoms with E-state index in [0.29, 0.717) is 42.8 Å². The zero-order valence-electron chi connectivity index (χ0n) is 14.9. The van der Waals surface area contributed by atoms with E-state index in [9.17, 15) is 4.79 Å². The largest absolute Gasteiger partial charge is 0.490 e. The van der Waals surface area contributed by atoms with Gasteiger partial charge in [0.2, 0.25) is 0 Å². The molecule has 8 nitrogen and oxygen atoms in total. The Morgan fingerprint density at radius 1 is 1.42 bits per heavy atom. The van der Waals surface area contributed by atoms with Gasteiger partial charge in [0.15, 0.2) is 5.76 Å². The minimum Gasteiger partial charge on any atom is -0.490 e. The van der Waals surface area contributed by atoms with Crippen LogP contribution < -0.4 is 15.4 Å². The third-order valence-electron chi connectivity index (χ3n) is 4.08. The minimum absolute atomic E-state index is 0.244.